The molecule has 2 aliphatic heterocycles. The number of benzene rings is 1. The van der Waals surface area contributed by atoms with Crippen LogP contribution in [0, 0.1) is 5.92 Å². The highest BCUT2D eigenvalue weighted by Crippen LogP contribution is 2.37. The zero-order valence-corrected chi connectivity index (χ0v) is 34.3. The van der Waals surface area contributed by atoms with E-state index >= 15 is 0 Å². The molecule has 0 radical (unpaired) electrons. The van der Waals surface area contributed by atoms with Crippen molar-refractivity contribution in [1.82, 2.24) is 35.3 Å². The number of carbonyl (C=O) groups is 4. The second kappa shape index (κ2) is 20.6. The van der Waals surface area contributed by atoms with Gasteiger partial charge in [0, 0.05) is 55.6 Å². The van der Waals surface area contributed by atoms with Crippen LogP contribution in [0.2, 0.25) is 5.02 Å². The lowest BCUT2D eigenvalue weighted by molar-refractivity contribution is -0.136. The van der Waals surface area contributed by atoms with Crippen molar-refractivity contribution < 1.29 is 38.1 Å². The molecular weight excluding hydrogens is 782 g/mol. The maximum absolute atomic E-state index is 13.2. The summed E-state index contributed by atoms with van der Waals surface area (Å²) in [5.41, 5.74) is 3.84. The first kappa shape index (κ1) is 42.6. The fourth-order valence-corrected chi connectivity index (χ4v) is 7.96. The number of ether oxygens (including phenoxy) is 4. The van der Waals surface area contributed by atoms with Crippen molar-refractivity contribution in [2.24, 2.45) is 13.0 Å². The van der Waals surface area contributed by atoms with Gasteiger partial charge in [-0.25, -0.2) is 9.97 Å². The number of halogens is 1. The fourth-order valence-electron chi connectivity index (χ4n) is 7.77. The number of hydrogen-bond donors (Lipinski definition) is 4. The molecule has 1 saturated heterocycles. The minimum absolute atomic E-state index is 0.0691. The Bertz CT molecular complexity index is 1950. The monoisotopic (exact) mass is 835 g/mol. The molecule has 0 bridgehead atoms. The van der Waals surface area contributed by atoms with E-state index in [2.05, 4.69) is 31.3 Å². The quantitative estimate of drug-likeness (QED) is 0.0801. The molecule has 1 unspecified atom stereocenters. The van der Waals surface area contributed by atoms with Crippen molar-refractivity contribution in [3.05, 3.63) is 52.4 Å². The molecule has 2 saturated carbocycles. The second-order valence-electron chi connectivity index (χ2n) is 15.4. The van der Waals surface area contributed by atoms with Gasteiger partial charge >= 0.3 is 0 Å². The summed E-state index contributed by atoms with van der Waals surface area (Å²) in [7, 11) is 1.98. The Morgan fingerprint density at radius 2 is 1.47 bits per heavy atom. The van der Waals surface area contributed by atoms with E-state index in [9.17, 15) is 19.2 Å². The maximum atomic E-state index is 13.2. The first-order valence-electron chi connectivity index (χ1n) is 20.7. The highest BCUT2D eigenvalue weighted by molar-refractivity contribution is 6.33. The van der Waals surface area contributed by atoms with Crippen LogP contribution in [-0.4, -0.2) is 132 Å². The Morgan fingerprint density at radius 1 is 0.797 bits per heavy atom. The number of nitrogens with one attached hydrogen (secondary N) is 4. The zero-order chi connectivity index (χ0) is 41.1. The van der Waals surface area contributed by atoms with Crippen LogP contribution in [0.1, 0.15) is 77.8 Å². The number of imide groups is 2. The van der Waals surface area contributed by atoms with Crippen LogP contribution in [-0.2, 0) is 42.0 Å². The van der Waals surface area contributed by atoms with Gasteiger partial charge in [-0.1, -0.05) is 17.7 Å². The maximum Gasteiger partial charge on any atom is 0.264 e. The summed E-state index contributed by atoms with van der Waals surface area (Å²) in [5, 5.41) is 17.5. The fraction of sp³-hybridized carbons (Fsp3) is 0.585. The van der Waals surface area contributed by atoms with E-state index < -0.39 is 29.7 Å². The molecule has 4 aliphatic rings. The van der Waals surface area contributed by atoms with E-state index in [1.54, 1.807) is 24.4 Å². The second-order valence-corrected chi connectivity index (χ2v) is 15.8. The summed E-state index contributed by atoms with van der Waals surface area (Å²) < 4.78 is 24.5. The summed E-state index contributed by atoms with van der Waals surface area (Å²) in [6.45, 7) is 4.82. The summed E-state index contributed by atoms with van der Waals surface area (Å²) in [4.78, 5) is 60.3. The van der Waals surface area contributed by atoms with Crippen LogP contribution in [0.4, 0.5) is 11.6 Å². The Kier molecular flexibility index (Phi) is 14.9. The van der Waals surface area contributed by atoms with Gasteiger partial charge in [-0.3, -0.25) is 34.1 Å². The molecule has 17 nitrogen and oxygen atoms in total. The van der Waals surface area contributed by atoms with E-state index in [0.717, 1.165) is 60.7 Å². The topological polar surface area (TPSA) is 200 Å². The zero-order valence-electron chi connectivity index (χ0n) is 33.5. The molecule has 318 valence electrons. The molecule has 3 fully saturated rings. The molecule has 0 spiro atoms. The first-order chi connectivity index (χ1) is 28.8. The predicted octanol–water partition coefficient (Wildman–Crippen LogP) is 3.38. The summed E-state index contributed by atoms with van der Waals surface area (Å²) in [6, 6.07) is 4.70. The lowest BCUT2D eigenvalue weighted by atomic mass is 9.91. The van der Waals surface area contributed by atoms with Crippen molar-refractivity contribution >= 4 is 46.9 Å². The van der Waals surface area contributed by atoms with Crippen LogP contribution >= 0.6 is 11.6 Å². The molecule has 4 heterocycles. The van der Waals surface area contributed by atoms with Crippen molar-refractivity contribution in [1.29, 1.82) is 0 Å². The minimum Gasteiger partial charge on any atom is -0.382 e. The lowest BCUT2D eigenvalue weighted by Crippen LogP contribution is -2.54. The van der Waals surface area contributed by atoms with Gasteiger partial charge in [0.2, 0.25) is 17.8 Å². The number of nitrogens with zero attached hydrogens (tertiary/aromatic N) is 5. The van der Waals surface area contributed by atoms with Gasteiger partial charge in [-0.15, -0.1) is 0 Å². The number of rotatable bonds is 23. The highest BCUT2D eigenvalue weighted by atomic mass is 35.5. The summed E-state index contributed by atoms with van der Waals surface area (Å²) in [6.07, 6.45) is 11.4. The molecule has 3 aromatic rings. The Balaban J connectivity index is 0.674. The van der Waals surface area contributed by atoms with Crippen molar-refractivity contribution in [3.63, 3.8) is 0 Å². The van der Waals surface area contributed by atoms with E-state index in [1.807, 2.05) is 17.9 Å². The normalized spacial score (nSPS) is 20.6. The third-order valence-corrected chi connectivity index (χ3v) is 11.4. The standard InChI is InChI=1S/C41H54ClN9O8/c1-50-34(23-26-5-6-26)30(24-46-50)37-31(42)25-45-41(49-37)47-28-9-7-27(8-10-28)43-13-15-56-17-19-58-21-22-59-20-18-57-16-14-44-32-4-2-3-29-36(32)40(55)51(39(29)54)33-11-12-35(52)48-38(33)53/h2-4,24-28,33,43-44H,5-23H2,1H3,(H,45,47,49)(H,48,52,53)/t27-,28-,33?. The van der Waals surface area contributed by atoms with Crippen LogP contribution in [0.25, 0.3) is 11.3 Å². The van der Waals surface area contributed by atoms with Crippen molar-refractivity contribution in [3.8, 4) is 11.3 Å². The largest absolute Gasteiger partial charge is 0.382 e. The molecule has 1 aromatic carbocycles. The SMILES string of the molecule is Cn1ncc(-c2nc(N[C@H]3CC[C@H](NCCOCCOCCOCCOCCNc4cccc5c4C(=O)N(C4CCC(=O)NC4=O)C5=O)CC3)ncc2Cl)c1CC1CC1. The Labute approximate surface area is 348 Å². The molecule has 59 heavy (non-hydrogen) atoms. The van der Waals surface area contributed by atoms with Gasteiger partial charge in [-0.05, 0) is 69.4 Å². The Hall–Kier alpha value is -4.52. The van der Waals surface area contributed by atoms with Crippen LogP contribution in [0.3, 0.4) is 0 Å². The molecule has 7 rings (SSSR count). The number of aryl methyl sites for hydroxylation is 1. The number of anilines is 2. The molecule has 4 amide bonds. The molecule has 1 atom stereocenters. The van der Waals surface area contributed by atoms with Gasteiger partial charge in [-0.2, -0.15) is 5.10 Å². The predicted molar refractivity (Wildman–Crippen MR) is 218 cm³/mol. The van der Waals surface area contributed by atoms with Crippen LogP contribution in [0.5, 0.6) is 0 Å². The van der Waals surface area contributed by atoms with Gasteiger partial charge in [0.15, 0.2) is 0 Å². The number of carbonyl (C=O) groups excluding carboxylic acids is 4. The van der Waals surface area contributed by atoms with E-state index in [4.69, 9.17) is 35.5 Å². The Morgan fingerprint density at radius 3 is 2.17 bits per heavy atom. The van der Waals surface area contributed by atoms with E-state index in [0.29, 0.717) is 88.1 Å². The molecule has 18 heteroatoms. The smallest absolute Gasteiger partial charge is 0.264 e. The van der Waals surface area contributed by atoms with Crippen molar-refractivity contribution in [2.45, 2.75) is 75.9 Å². The summed E-state index contributed by atoms with van der Waals surface area (Å²) >= 11 is 6.56. The van der Waals surface area contributed by atoms with Crippen LogP contribution in [0.15, 0.2) is 30.6 Å². The number of fused-ring (bicyclic) bond motifs is 1. The molecule has 2 aliphatic carbocycles. The minimum atomic E-state index is -1.01. The number of amides is 4. The molecular formula is C41H54ClN9O8. The van der Waals surface area contributed by atoms with Crippen molar-refractivity contribution in [2.75, 3.05) is 76.6 Å². The van der Waals surface area contributed by atoms with Gasteiger partial charge in [0.1, 0.15) is 6.04 Å². The molecule has 4 N–H and O–H groups in total. The number of hydrogen-bond acceptors (Lipinski definition) is 14. The van der Waals surface area contributed by atoms with Gasteiger partial charge < -0.3 is 34.9 Å². The third kappa shape index (κ3) is 11.2. The molecule has 2 aromatic heterocycles. The van der Waals surface area contributed by atoms with Crippen LogP contribution < -0.4 is 21.3 Å². The first-order valence-corrected chi connectivity index (χ1v) is 21.1. The van der Waals surface area contributed by atoms with Gasteiger partial charge in [0.05, 0.1) is 87.1 Å². The average molecular weight is 836 g/mol. The number of piperidine rings is 1. The summed E-state index contributed by atoms with van der Waals surface area (Å²) in [5.74, 6) is -0.806. The van der Waals surface area contributed by atoms with Gasteiger partial charge in [0.25, 0.3) is 11.8 Å². The van der Waals surface area contributed by atoms with E-state index in [1.165, 1.54) is 18.5 Å². The van der Waals surface area contributed by atoms with E-state index in [-0.39, 0.29) is 24.0 Å². The highest BCUT2D eigenvalue weighted by Gasteiger charge is 2.45. The average Bonchev–Trinajstić information content (AvgIpc) is 3.93. The number of aromatic nitrogens is 4. The third-order valence-electron chi connectivity index (χ3n) is 11.1. The lowest BCUT2D eigenvalue weighted by Gasteiger charge is -2.29.